The van der Waals surface area contributed by atoms with Crippen LogP contribution in [0.5, 0.6) is 0 Å². The SMILES string of the molecule is CC(C)Sc1ccc(C2CCC3(CNC3)C2)cc1. The number of thioether (sulfide) groups is 1. The van der Waals surface area contributed by atoms with E-state index in [1.54, 1.807) is 5.56 Å². The molecule has 1 aromatic rings. The summed E-state index contributed by atoms with van der Waals surface area (Å²) in [6, 6.07) is 9.34. The van der Waals surface area contributed by atoms with E-state index < -0.39 is 0 Å². The number of benzene rings is 1. The second-order valence-electron chi connectivity index (χ2n) is 6.28. The lowest BCUT2D eigenvalue weighted by atomic mass is 9.79. The van der Waals surface area contributed by atoms with Gasteiger partial charge in [-0.3, -0.25) is 0 Å². The maximum atomic E-state index is 3.44. The number of nitrogens with one attached hydrogen (secondary N) is 1. The molecule has 1 aliphatic carbocycles. The van der Waals surface area contributed by atoms with E-state index in [4.69, 9.17) is 0 Å². The minimum atomic E-state index is 0.663. The van der Waals surface area contributed by atoms with Crippen LogP contribution in [0.4, 0.5) is 0 Å². The third-order valence-corrected chi connectivity index (χ3v) is 5.44. The van der Waals surface area contributed by atoms with Gasteiger partial charge in [-0.1, -0.05) is 26.0 Å². The summed E-state index contributed by atoms with van der Waals surface area (Å²) in [6.45, 7) is 7.02. The van der Waals surface area contributed by atoms with Gasteiger partial charge >= 0.3 is 0 Å². The molecule has 1 heterocycles. The highest BCUT2D eigenvalue weighted by atomic mass is 32.2. The van der Waals surface area contributed by atoms with Crippen molar-refractivity contribution in [2.45, 2.75) is 49.2 Å². The average molecular weight is 261 g/mol. The molecule has 1 unspecified atom stereocenters. The van der Waals surface area contributed by atoms with Gasteiger partial charge in [0.05, 0.1) is 0 Å². The van der Waals surface area contributed by atoms with E-state index in [1.165, 1.54) is 37.2 Å². The Balaban J connectivity index is 1.66. The molecule has 1 aliphatic heterocycles. The molecule has 1 aromatic carbocycles. The first kappa shape index (κ1) is 12.6. The van der Waals surface area contributed by atoms with Crippen LogP contribution < -0.4 is 5.32 Å². The van der Waals surface area contributed by atoms with Crippen molar-refractivity contribution < 1.29 is 0 Å². The van der Waals surface area contributed by atoms with Crippen LogP contribution >= 0.6 is 11.8 Å². The first-order valence-electron chi connectivity index (χ1n) is 7.14. The van der Waals surface area contributed by atoms with Crippen molar-refractivity contribution in [2.75, 3.05) is 13.1 Å². The Morgan fingerprint density at radius 2 is 1.94 bits per heavy atom. The molecule has 18 heavy (non-hydrogen) atoms. The first-order valence-corrected chi connectivity index (χ1v) is 8.02. The highest BCUT2D eigenvalue weighted by Gasteiger charge is 2.43. The molecule has 0 aromatic heterocycles. The van der Waals surface area contributed by atoms with Crippen LogP contribution in [0.15, 0.2) is 29.2 Å². The largest absolute Gasteiger partial charge is 0.316 e. The molecule has 1 spiro atoms. The van der Waals surface area contributed by atoms with Gasteiger partial charge in [-0.05, 0) is 48.3 Å². The summed E-state index contributed by atoms with van der Waals surface area (Å²) < 4.78 is 0. The molecule has 98 valence electrons. The Kier molecular flexibility index (Phi) is 3.42. The van der Waals surface area contributed by atoms with Crippen LogP contribution in [-0.4, -0.2) is 18.3 Å². The summed E-state index contributed by atoms with van der Waals surface area (Å²) in [5, 5.41) is 4.12. The van der Waals surface area contributed by atoms with Crippen LogP contribution in [0.1, 0.15) is 44.6 Å². The minimum Gasteiger partial charge on any atom is -0.316 e. The molecule has 1 saturated heterocycles. The van der Waals surface area contributed by atoms with Crippen molar-refractivity contribution in [1.29, 1.82) is 0 Å². The fraction of sp³-hybridized carbons (Fsp3) is 0.625. The lowest BCUT2D eigenvalue weighted by Gasteiger charge is -2.39. The Labute approximate surface area is 115 Å². The Morgan fingerprint density at radius 1 is 1.22 bits per heavy atom. The standard InChI is InChI=1S/C16H23NS/c1-12(2)18-15-5-3-13(4-6-15)14-7-8-16(9-14)10-17-11-16/h3-6,12,14,17H,7-11H2,1-2H3. The summed E-state index contributed by atoms with van der Waals surface area (Å²) in [4.78, 5) is 1.41. The third-order valence-electron chi connectivity index (χ3n) is 4.43. The monoisotopic (exact) mass is 261 g/mol. The third kappa shape index (κ3) is 2.46. The van der Waals surface area contributed by atoms with Crippen molar-refractivity contribution in [3.8, 4) is 0 Å². The normalized spacial score (nSPS) is 25.6. The van der Waals surface area contributed by atoms with E-state index in [-0.39, 0.29) is 0 Å². The topological polar surface area (TPSA) is 12.0 Å². The van der Waals surface area contributed by atoms with Crippen LogP contribution in [-0.2, 0) is 0 Å². The summed E-state index contributed by atoms with van der Waals surface area (Å²) >= 11 is 1.96. The quantitative estimate of drug-likeness (QED) is 0.824. The van der Waals surface area contributed by atoms with Gasteiger partial charge in [0.25, 0.3) is 0 Å². The van der Waals surface area contributed by atoms with Gasteiger partial charge in [0.2, 0.25) is 0 Å². The van der Waals surface area contributed by atoms with Gasteiger partial charge < -0.3 is 5.32 Å². The van der Waals surface area contributed by atoms with Crippen molar-refractivity contribution in [1.82, 2.24) is 5.32 Å². The summed E-state index contributed by atoms with van der Waals surface area (Å²) in [5.41, 5.74) is 2.22. The lowest BCUT2D eigenvalue weighted by molar-refractivity contribution is 0.175. The highest BCUT2D eigenvalue weighted by molar-refractivity contribution is 7.99. The molecule has 0 bridgehead atoms. The van der Waals surface area contributed by atoms with Crippen molar-refractivity contribution in [3.05, 3.63) is 29.8 Å². The molecule has 0 radical (unpaired) electrons. The molecule has 0 amide bonds. The average Bonchev–Trinajstić information content (AvgIpc) is 2.74. The second-order valence-corrected chi connectivity index (χ2v) is 7.93. The molecular weight excluding hydrogens is 238 g/mol. The van der Waals surface area contributed by atoms with Crippen LogP contribution in [0.25, 0.3) is 0 Å². The van der Waals surface area contributed by atoms with E-state index >= 15 is 0 Å². The van der Waals surface area contributed by atoms with Crippen molar-refractivity contribution >= 4 is 11.8 Å². The summed E-state index contributed by atoms with van der Waals surface area (Å²) in [6.07, 6.45) is 4.21. The van der Waals surface area contributed by atoms with Gasteiger partial charge in [-0.25, -0.2) is 0 Å². The minimum absolute atomic E-state index is 0.663. The zero-order chi connectivity index (χ0) is 12.6. The van der Waals surface area contributed by atoms with Crippen LogP contribution in [0.3, 0.4) is 0 Å². The molecule has 1 saturated carbocycles. The van der Waals surface area contributed by atoms with E-state index in [1.807, 2.05) is 11.8 Å². The molecule has 2 fully saturated rings. The highest BCUT2D eigenvalue weighted by Crippen LogP contribution is 2.48. The van der Waals surface area contributed by atoms with Crippen LogP contribution in [0.2, 0.25) is 0 Å². The Bertz CT molecular complexity index is 406. The van der Waals surface area contributed by atoms with Crippen molar-refractivity contribution in [2.24, 2.45) is 5.41 Å². The summed E-state index contributed by atoms with van der Waals surface area (Å²) in [5.74, 6) is 0.810. The smallest absolute Gasteiger partial charge is 0.00747 e. The van der Waals surface area contributed by atoms with Gasteiger partial charge in [0, 0.05) is 23.2 Å². The fourth-order valence-corrected chi connectivity index (χ4v) is 4.22. The maximum absolute atomic E-state index is 3.44. The van der Waals surface area contributed by atoms with E-state index in [2.05, 4.69) is 43.4 Å². The molecule has 2 aliphatic rings. The van der Waals surface area contributed by atoms with Gasteiger partial charge in [-0.2, -0.15) is 0 Å². The van der Waals surface area contributed by atoms with Gasteiger partial charge in [0.15, 0.2) is 0 Å². The predicted octanol–water partition coefficient (Wildman–Crippen LogP) is 4.04. The lowest BCUT2D eigenvalue weighted by Crippen LogP contribution is -2.51. The van der Waals surface area contributed by atoms with E-state index in [0.29, 0.717) is 10.7 Å². The Hall–Kier alpha value is -0.470. The summed E-state index contributed by atoms with van der Waals surface area (Å²) in [7, 11) is 0. The molecule has 1 atom stereocenters. The zero-order valence-electron chi connectivity index (χ0n) is 11.4. The number of hydrogen-bond donors (Lipinski definition) is 1. The van der Waals surface area contributed by atoms with E-state index in [9.17, 15) is 0 Å². The van der Waals surface area contributed by atoms with Gasteiger partial charge in [-0.15, -0.1) is 11.8 Å². The first-order chi connectivity index (χ1) is 8.67. The maximum Gasteiger partial charge on any atom is 0.00747 e. The number of hydrogen-bond acceptors (Lipinski definition) is 2. The molecule has 1 N–H and O–H groups in total. The molecule has 3 rings (SSSR count). The Morgan fingerprint density at radius 3 is 2.44 bits per heavy atom. The van der Waals surface area contributed by atoms with E-state index in [0.717, 1.165) is 5.92 Å². The zero-order valence-corrected chi connectivity index (χ0v) is 12.2. The van der Waals surface area contributed by atoms with Crippen LogP contribution in [0, 0.1) is 5.41 Å². The second kappa shape index (κ2) is 4.90. The molecular formula is C16H23NS. The fourth-order valence-electron chi connectivity index (χ4n) is 3.38. The number of rotatable bonds is 3. The molecule has 1 nitrogen and oxygen atoms in total. The van der Waals surface area contributed by atoms with Crippen molar-refractivity contribution in [3.63, 3.8) is 0 Å². The predicted molar refractivity (Wildman–Crippen MR) is 79.3 cm³/mol. The molecule has 2 heteroatoms. The van der Waals surface area contributed by atoms with Gasteiger partial charge in [0.1, 0.15) is 0 Å².